The Hall–Kier alpha value is -2.33. The quantitative estimate of drug-likeness (QED) is 0.840. The number of carbonyl (C=O) groups is 2. The summed E-state index contributed by atoms with van der Waals surface area (Å²) >= 11 is 5.79. The number of amides is 1. The molecule has 23 heavy (non-hydrogen) atoms. The molecule has 2 aromatic rings. The molecule has 0 saturated carbocycles. The lowest BCUT2D eigenvalue weighted by atomic mass is 10.1. The van der Waals surface area contributed by atoms with E-state index in [1.807, 2.05) is 19.1 Å². The predicted octanol–water partition coefficient (Wildman–Crippen LogP) is 4.09. The molecule has 0 aliphatic rings. The molecular formula is C18H18ClNO3. The van der Waals surface area contributed by atoms with Crippen LogP contribution in [0, 0.1) is 0 Å². The fraction of sp³-hybridized carbons (Fsp3) is 0.222. The molecule has 2 rings (SSSR count). The Morgan fingerprint density at radius 2 is 1.70 bits per heavy atom. The number of halogens is 1. The van der Waals surface area contributed by atoms with Gasteiger partial charge in [0.2, 0.25) is 0 Å². The third kappa shape index (κ3) is 4.83. The van der Waals surface area contributed by atoms with E-state index in [0.29, 0.717) is 16.3 Å². The van der Waals surface area contributed by atoms with Gasteiger partial charge in [0, 0.05) is 10.7 Å². The van der Waals surface area contributed by atoms with Gasteiger partial charge in [0.25, 0.3) is 5.91 Å². The Labute approximate surface area is 140 Å². The van der Waals surface area contributed by atoms with Gasteiger partial charge in [-0.1, -0.05) is 30.7 Å². The molecule has 0 aliphatic carbocycles. The third-order valence-electron chi connectivity index (χ3n) is 3.36. The summed E-state index contributed by atoms with van der Waals surface area (Å²) in [4.78, 5) is 24.1. The summed E-state index contributed by atoms with van der Waals surface area (Å²) in [7, 11) is 0. The first-order valence-corrected chi connectivity index (χ1v) is 7.73. The first-order chi connectivity index (χ1) is 11.0. The average Bonchev–Trinajstić information content (AvgIpc) is 2.56. The molecule has 4 nitrogen and oxygen atoms in total. The van der Waals surface area contributed by atoms with Crippen molar-refractivity contribution < 1.29 is 14.3 Å². The Morgan fingerprint density at radius 1 is 1.09 bits per heavy atom. The SMILES string of the molecule is CCc1ccc(C(=O)O[C@H](C)C(=O)Nc2ccc(Cl)cc2)cc1. The third-order valence-corrected chi connectivity index (χ3v) is 3.61. The summed E-state index contributed by atoms with van der Waals surface area (Å²) in [5.41, 5.74) is 2.15. The van der Waals surface area contributed by atoms with Crippen LogP contribution in [-0.4, -0.2) is 18.0 Å². The average molecular weight is 332 g/mol. The highest BCUT2D eigenvalue weighted by atomic mass is 35.5. The van der Waals surface area contributed by atoms with Crippen LogP contribution in [0.3, 0.4) is 0 Å². The number of hydrogen-bond donors (Lipinski definition) is 1. The van der Waals surface area contributed by atoms with Crippen LogP contribution in [0.2, 0.25) is 5.02 Å². The largest absolute Gasteiger partial charge is 0.449 e. The summed E-state index contributed by atoms with van der Waals surface area (Å²) < 4.78 is 5.19. The molecule has 0 heterocycles. The molecule has 2 aromatic carbocycles. The van der Waals surface area contributed by atoms with Crippen molar-refractivity contribution in [2.24, 2.45) is 0 Å². The molecule has 0 spiro atoms. The number of carbonyl (C=O) groups excluding carboxylic acids is 2. The number of ether oxygens (including phenoxy) is 1. The number of rotatable bonds is 5. The van der Waals surface area contributed by atoms with Gasteiger partial charge >= 0.3 is 5.97 Å². The molecule has 0 aromatic heterocycles. The summed E-state index contributed by atoms with van der Waals surface area (Å²) in [6.07, 6.45) is -0.00100. The van der Waals surface area contributed by atoms with Crippen LogP contribution in [0.15, 0.2) is 48.5 Å². The Balaban J connectivity index is 1.94. The van der Waals surface area contributed by atoms with E-state index in [2.05, 4.69) is 5.32 Å². The molecule has 0 unspecified atom stereocenters. The van der Waals surface area contributed by atoms with E-state index in [0.717, 1.165) is 12.0 Å². The van der Waals surface area contributed by atoms with Crippen molar-refractivity contribution in [3.05, 3.63) is 64.7 Å². The smallest absolute Gasteiger partial charge is 0.338 e. The lowest BCUT2D eigenvalue weighted by Crippen LogP contribution is -2.30. The monoisotopic (exact) mass is 331 g/mol. The predicted molar refractivity (Wildman–Crippen MR) is 90.8 cm³/mol. The van der Waals surface area contributed by atoms with Crippen molar-refractivity contribution in [1.82, 2.24) is 0 Å². The Kier molecular flexibility index (Phi) is 5.77. The first-order valence-electron chi connectivity index (χ1n) is 7.36. The van der Waals surface area contributed by atoms with Crippen LogP contribution in [0.5, 0.6) is 0 Å². The molecule has 5 heteroatoms. The Morgan fingerprint density at radius 3 is 2.26 bits per heavy atom. The highest BCUT2D eigenvalue weighted by Crippen LogP contribution is 2.14. The molecular weight excluding hydrogens is 314 g/mol. The van der Waals surface area contributed by atoms with Gasteiger partial charge in [-0.25, -0.2) is 4.79 Å². The molecule has 0 fully saturated rings. The molecule has 120 valence electrons. The molecule has 1 atom stereocenters. The molecule has 0 saturated heterocycles. The minimum atomic E-state index is -0.899. The maximum absolute atomic E-state index is 12.0. The summed E-state index contributed by atoms with van der Waals surface area (Å²) in [5.74, 6) is -0.919. The van der Waals surface area contributed by atoms with Gasteiger partial charge in [0.05, 0.1) is 5.56 Å². The zero-order valence-electron chi connectivity index (χ0n) is 13.0. The van der Waals surface area contributed by atoms with Crippen molar-refractivity contribution >= 4 is 29.2 Å². The second-order valence-electron chi connectivity index (χ2n) is 5.09. The topological polar surface area (TPSA) is 55.4 Å². The van der Waals surface area contributed by atoms with E-state index in [1.165, 1.54) is 6.92 Å². The Bertz CT molecular complexity index is 680. The summed E-state index contributed by atoms with van der Waals surface area (Å²) in [6.45, 7) is 3.57. The summed E-state index contributed by atoms with van der Waals surface area (Å²) in [5, 5.41) is 3.25. The maximum atomic E-state index is 12.0. The van der Waals surface area contributed by atoms with Crippen molar-refractivity contribution in [2.75, 3.05) is 5.32 Å². The van der Waals surface area contributed by atoms with E-state index in [1.54, 1.807) is 36.4 Å². The van der Waals surface area contributed by atoms with Crippen molar-refractivity contribution in [3.8, 4) is 0 Å². The minimum absolute atomic E-state index is 0.397. The van der Waals surface area contributed by atoms with Gasteiger partial charge in [-0.15, -0.1) is 0 Å². The normalized spacial score (nSPS) is 11.6. The first kappa shape index (κ1) is 17.0. The van der Waals surface area contributed by atoms with Crippen molar-refractivity contribution in [2.45, 2.75) is 26.4 Å². The lowest BCUT2D eigenvalue weighted by Gasteiger charge is -2.13. The van der Waals surface area contributed by atoms with E-state index in [4.69, 9.17) is 16.3 Å². The fourth-order valence-corrected chi connectivity index (χ4v) is 2.06. The number of benzene rings is 2. The van der Waals surface area contributed by atoms with Crippen LogP contribution in [0.25, 0.3) is 0 Å². The van der Waals surface area contributed by atoms with E-state index in [9.17, 15) is 9.59 Å². The molecule has 0 radical (unpaired) electrons. The van der Waals surface area contributed by atoms with E-state index >= 15 is 0 Å². The van der Waals surface area contributed by atoms with Crippen LogP contribution in [-0.2, 0) is 16.0 Å². The number of hydrogen-bond acceptors (Lipinski definition) is 3. The second kappa shape index (κ2) is 7.79. The van der Waals surface area contributed by atoms with Crippen molar-refractivity contribution in [3.63, 3.8) is 0 Å². The molecule has 0 bridgehead atoms. The standard InChI is InChI=1S/C18H18ClNO3/c1-3-13-4-6-14(7-5-13)18(22)23-12(2)17(21)20-16-10-8-15(19)9-11-16/h4-12H,3H2,1-2H3,(H,20,21)/t12-/m1/s1. The minimum Gasteiger partial charge on any atom is -0.449 e. The van der Waals surface area contributed by atoms with Gasteiger partial charge < -0.3 is 10.1 Å². The van der Waals surface area contributed by atoms with Crippen LogP contribution >= 0.6 is 11.6 Å². The number of aryl methyl sites for hydroxylation is 1. The number of anilines is 1. The van der Waals surface area contributed by atoms with Crippen LogP contribution in [0.4, 0.5) is 5.69 Å². The van der Waals surface area contributed by atoms with E-state index < -0.39 is 18.0 Å². The molecule has 1 amide bonds. The molecule has 0 aliphatic heterocycles. The lowest BCUT2D eigenvalue weighted by molar-refractivity contribution is -0.123. The fourth-order valence-electron chi connectivity index (χ4n) is 1.94. The van der Waals surface area contributed by atoms with E-state index in [-0.39, 0.29) is 0 Å². The highest BCUT2D eigenvalue weighted by Gasteiger charge is 2.19. The van der Waals surface area contributed by atoms with Gasteiger partial charge in [-0.2, -0.15) is 0 Å². The summed E-state index contributed by atoms with van der Waals surface area (Å²) in [6, 6.07) is 13.8. The van der Waals surface area contributed by atoms with Gasteiger partial charge in [-0.3, -0.25) is 4.79 Å². The zero-order chi connectivity index (χ0) is 16.8. The van der Waals surface area contributed by atoms with Gasteiger partial charge in [0.15, 0.2) is 6.10 Å². The van der Waals surface area contributed by atoms with Crippen LogP contribution < -0.4 is 5.32 Å². The zero-order valence-corrected chi connectivity index (χ0v) is 13.8. The second-order valence-corrected chi connectivity index (χ2v) is 5.53. The van der Waals surface area contributed by atoms with Crippen molar-refractivity contribution in [1.29, 1.82) is 0 Å². The maximum Gasteiger partial charge on any atom is 0.338 e. The highest BCUT2D eigenvalue weighted by molar-refractivity contribution is 6.30. The number of esters is 1. The van der Waals surface area contributed by atoms with Gasteiger partial charge in [-0.05, 0) is 55.3 Å². The molecule has 1 N–H and O–H groups in total. The van der Waals surface area contributed by atoms with Gasteiger partial charge in [0.1, 0.15) is 0 Å². The van der Waals surface area contributed by atoms with Crippen LogP contribution in [0.1, 0.15) is 29.8 Å². The number of nitrogens with one attached hydrogen (secondary N) is 1.